The smallest absolute Gasteiger partial charge is 0.161 e. The van der Waals surface area contributed by atoms with E-state index in [-0.39, 0.29) is 17.7 Å². The quantitative estimate of drug-likeness (QED) is 0.626. The zero-order valence-corrected chi connectivity index (χ0v) is 12.1. The summed E-state index contributed by atoms with van der Waals surface area (Å²) in [5.74, 6) is 6.54. The van der Waals surface area contributed by atoms with Gasteiger partial charge in [-0.3, -0.25) is 10.5 Å². The van der Waals surface area contributed by atoms with E-state index in [1.54, 1.807) is 13.3 Å². The summed E-state index contributed by atoms with van der Waals surface area (Å²) in [7, 11) is 1.65. The van der Waals surface area contributed by atoms with Crippen molar-refractivity contribution in [2.24, 2.45) is 5.84 Å². The molecule has 1 aliphatic heterocycles. The monoisotopic (exact) mass is 268 g/mol. The summed E-state index contributed by atoms with van der Waals surface area (Å²) < 4.78 is 13.3. The first-order valence-electron chi connectivity index (χ1n) is 6.75. The predicted molar refractivity (Wildman–Crippen MR) is 72.8 cm³/mol. The van der Waals surface area contributed by atoms with Crippen LogP contribution in [0.15, 0.2) is 6.20 Å². The highest BCUT2D eigenvalue weighted by atomic mass is 16.5. The highest BCUT2D eigenvalue weighted by Crippen LogP contribution is 2.40. The van der Waals surface area contributed by atoms with Gasteiger partial charge in [0.1, 0.15) is 5.69 Å². The van der Waals surface area contributed by atoms with E-state index >= 15 is 0 Å². The first-order valence-corrected chi connectivity index (χ1v) is 6.75. The first-order chi connectivity index (χ1) is 9.03. The van der Waals surface area contributed by atoms with Gasteiger partial charge in [-0.15, -0.1) is 0 Å². The molecule has 6 heteroatoms. The van der Waals surface area contributed by atoms with Crippen LogP contribution in [0.25, 0.3) is 0 Å². The Bertz CT molecular complexity index is 424. The van der Waals surface area contributed by atoms with Crippen molar-refractivity contribution in [1.29, 1.82) is 0 Å². The molecule has 6 nitrogen and oxygen atoms in total. The summed E-state index contributed by atoms with van der Waals surface area (Å²) in [6, 6.07) is 0.0922. The van der Waals surface area contributed by atoms with Crippen LogP contribution >= 0.6 is 0 Å². The van der Waals surface area contributed by atoms with Crippen molar-refractivity contribution >= 4 is 0 Å². The van der Waals surface area contributed by atoms with Crippen LogP contribution in [-0.4, -0.2) is 29.1 Å². The van der Waals surface area contributed by atoms with Gasteiger partial charge in [0.25, 0.3) is 0 Å². The average molecular weight is 268 g/mol. The second-order valence-corrected chi connectivity index (χ2v) is 5.50. The normalized spacial score (nSPS) is 24.9. The molecular weight excluding hydrogens is 244 g/mol. The van der Waals surface area contributed by atoms with E-state index in [0.717, 1.165) is 30.9 Å². The molecule has 19 heavy (non-hydrogen) atoms. The van der Waals surface area contributed by atoms with Gasteiger partial charge in [0.15, 0.2) is 5.75 Å². The van der Waals surface area contributed by atoms with Gasteiger partial charge in [0.2, 0.25) is 0 Å². The van der Waals surface area contributed by atoms with E-state index in [0.29, 0.717) is 0 Å². The highest BCUT2D eigenvalue weighted by molar-refractivity contribution is 5.31. The largest absolute Gasteiger partial charge is 0.493 e. The summed E-state index contributed by atoms with van der Waals surface area (Å²) >= 11 is 0. The molecule has 0 spiro atoms. The van der Waals surface area contributed by atoms with E-state index < -0.39 is 0 Å². The van der Waals surface area contributed by atoms with Crippen LogP contribution in [0.2, 0.25) is 0 Å². The number of nitrogens with two attached hydrogens (primary N) is 1. The molecule has 1 fully saturated rings. The molecule has 108 valence electrons. The zero-order chi connectivity index (χ0) is 14.0. The van der Waals surface area contributed by atoms with E-state index in [1.165, 1.54) is 0 Å². The van der Waals surface area contributed by atoms with Gasteiger partial charge in [0.05, 0.1) is 24.9 Å². The maximum absolute atomic E-state index is 5.91. The van der Waals surface area contributed by atoms with Crippen LogP contribution < -0.4 is 16.0 Å². The minimum atomic E-state index is -0.325. The number of nitrogens with zero attached hydrogens (tertiary/aromatic N) is 2. The lowest BCUT2D eigenvalue weighted by Gasteiger charge is -2.34. The van der Waals surface area contributed by atoms with Crippen molar-refractivity contribution < 1.29 is 9.47 Å². The predicted octanol–water partition coefficient (Wildman–Crippen LogP) is 1.55. The number of methoxy groups -OCH3 is 1. The molecule has 3 N–H and O–H groups in total. The molecule has 2 unspecified atom stereocenters. The molecule has 1 aromatic rings. The lowest BCUT2D eigenvalue weighted by atomic mass is 9.90. The van der Waals surface area contributed by atoms with E-state index in [1.807, 2.05) is 4.68 Å². The molecular formula is C13H24N4O2. The maximum atomic E-state index is 5.91. The molecule has 2 atom stereocenters. The molecule has 0 amide bonds. The van der Waals surface area contributed by atoms with Gasteiger partial charge in [-0.2, -0.15) is 5.10 Å². The van der Waals surface area contributed by atoms with Crippen molar-refractivity contribution in [3.63, 3.8) is 0 Å². The van der Waals surface area contributed by atoms with Crippen molar-refractivity contribution in [2.75, 3.05) is 13.7 Å². The molecule has 1 saturated heterocycles. The van der Waals surface area contributed by atoms with Crippen molar-refractivity contribution in [3.8, 4) is 5.75 Å². The molecule has 0 aromatic carbocycles. The first kappa shape index (κ1) is 14.3. The van der Waals surface area contributed by atoms with Gasteiger partial charge in [-0.05, 0) is 33.6 Å². The number of nitrogens with one attached hydrogen (secondary N) is 1. The second kappa shape index (κ2) is 5.48. The number of hydrogen-bond donors (Lipinski definition) is 2. The Hall–Kier alpha value is -1.11. The number of hydrogen-bond acceptors (Lipinski definition) is 5. The number of hydrazine groups is 1. The Balaban J connectivity index is 2.44. The lowest BCUT2D eigenvalue weighted by Crippen LogP contribution is -2.45. The fraction of sp³-hybridized carbons (Fsp3) is 0.769. The van der Waals surface area contributed by atoms with Crippen LogP contribution in [0, 0.1) is 0 Å². The summed E-state index contributed by atoms with van der Waals surface area (Å²) in [6.45, 7) is 7.02. The number of ether oxygens (including phenoxy) is 2. The minimum absolute atomic E-state index is 0.144. The molecule has 1 aliphatic rings. The third-order valence-corrected chi connectivity index (χ3v) is 3.81. The standard InChI is InChI=1S/C13H24N4O2/c1-9(2)17-11(10(18-4)8-15-17)12(16-14)13(3)6-5-7-19-13/h8-9,12,16H,5-7,14H2,1-4H3. The average Bonchev–Trinajstić information content (AvgIpc) is 2.97. The summed E-state index contributed by atoms with van der Waals surface area (Å²) in [5, 5.41) is 4.40. The molecule has 0 radical (unpaired) electrons. The SMILES string of the molecule is COc1cnn(C(C)C)c1C(NN)C1(C)CCCO1. The van der Waals surface area contributed by atoms with Crippen LogP contribution in [0.3, 0.4) is 0 Å². The zero-order valence-electron chi connectivity index (χ0n) is 12.1. The molecule has 0 saturated carbocycles. The summed E-state index contributed by atoms with van der Waals surface area (Å²) in [6.07, 6.45) is 3.75. The van der Waals surface area contributed by atoms with Crippen LogP contribution in [0.1, 0.15) is 51.4 Å². The third kappa shape index (κ3) is 2.48. The number of aromatic nitrogens is 2. The fourth-order valence-corrected chi connectivity index (χ4v) is 2.77. The van der Waals surface area contributed by atoms with Gasteiger partial charge in [-0.25, -0.2) is 5.43 Å². The van der Waals surface area contributed by atoms with Gasteiger partial charge < -0.3 is 9.47 Å². The molecule has 1 aromatic heterocycles. The summed E-state index contributed by atoms with van der Waals surface area (Å²) in [5.41, 5.74) is 3.51. The van der Waals surface area contributed by atoms with Crippen molar-refractivity contribution in [1.82, 2.24) is 15.2 Å². The Kier molecular flexibility index (Phi) is 4.13. The van der Waals surface area contributed by atoms with Crippen LogP contribution in [0.4, 0.5) is 0 Å². The number of rotatable bonds is 5. The Morgan fingerprint density at radius 2 is 2.32 bits per heavy atom. The lowest BCUT2D eigenvalue weighted by molar-refractivity contribution is -0.0157. The minimum Gasteiger partial charge on any atom is -0.493 e. The Morgan fingerprint density at radius 3 is 2.79 bits per heavy atom. The topological polar surface area (TPSA) is 74.3 Å². The van der Waals surface area contributed by atoms with E-state index in [9.17, 15) is 0 Å². The van der Waals surface area contributed by atoms with E-state index in [2.05, 4.69) is 31.3 Å². The summed E-state index contributed by atoms with van der Waals surface area (Å²) in [4.78, 5) is 0. The highest BCUT2D eigenvalue weighted by Gasteiger charge is 2.42. The van der Waals surface area contributed by atoms with E-state index in [4.69, 9.17) is 15.3 Å². The van der Waals surface area contributed by atoms with Crippen LogP contribution in [-0.2, 0) is 4.74 Å². The maximum Gasteiger partial charge on any atom is 0.161 e. The molecule has 0 aliphatic carbocycles. The molecule has 0 bridgehead atoms. The van der Waals surface area contributed by atoms with Gasteiger partial charge in [0, 0.05) is 12.6 Å². The third-order valence-electron chi connectivity index (χ3n) is 3.81. The van der Waals surface area contributed by atoms with Gasteiger partial charge in [-0.1, -0.05) is 0 Å². The fourth-order valence-electron chi connectivity index (χ4n) is 2.77. The van der Waals surface area contributed by atoms with Crippen molar-refractivity contribution in [3.05, 3.63) is 11.9 Å². The Labute approximate surface area is 114 Å². The van der Waals surface area contributed by atoms with Crippen molar-refractivity contribution in [2.45, 2.75) is 51.3 Å². The second-order valence-electron chi connectivity index (χ2n) is 5.50. The molecule has 2 heterocycles. The Morgan fingerprint density at radius 1 is 1.58 bits per heavy atom. The molecule has 2 rings (SSSR count). The van der Waals surface area contributed by atoms with Crippen LogP contribution in [0.5, 0.6) is 5.75 Å². The van der Waals surface area contributed by atoms with Gasteiger partial charge >= 0.3 is 0 Å².